The van der Waals surface area contributed by atoms with Crippen LogP contribution in [-0.4, -0.2) is 18.3 Å². The molecule has 2 N–H and O–H groups in total. The van der Waals surface area contributed by atoms with E-state index in [1.165, 1.54) is 7.11 Å². The molecule has 0 heterocycles. The highest BCUT2D eigenvalue weighted by Crippen LogP contribution is 2.24. The maximum Gasteiger partial charge on any atom is 0.438 e. The lowest BCUT2D eigenvalue weighted by Crippen LogP contribution is -2.24. The second kappa shape index (κ2) is 4.20. The van der Waals surface area contributed by atoms with Crippen LogP contribution < -0.4 is 15.1 Å². The summed E-state index contributed by atoms with van der Waals surface area (Å²) in [4.78, 5) is 14.8. The molecule has 0 bridgehead atoms. The number of para-hydroxylation sites is 2. The summed E-state index contributed by atoms with van der Waals surface area (Å²) in [6, 6.07) is 6.72. The number of hydroxylamine groups is 1. The van der Waals surface area contributed by atoms with Gasteiger partial charge in [0.15, 0.2) is 11.5 Å². The van der Waals surface area contributed by atoms with Gasteiger partial charge in [-0.25, -0.2) is 4.79 Å². The van der Waals surface area contributed by atoms with Crippen LogP contribution in [0.15, 0.2) is 24.3 Å². The normalized spacial score (nSPS) is 9.00. The first-order valence-electron chi connectivity index (χ1n) is 3.53. The summed E-state index contributed by atoms with van der Waals surface area (Å²) in [6.07, 6.45) is -1.26. The van der Waals surface area contributed by atoms with E-state index in [0.29, 0.717) is 11.5 Å². The van der Waals surface area contributed by atoms with Crippen LogP contribution in [-0.2, 0) is 0 Å². The molecular formula is C8H9NO4. The van der Waals surface area contributed by atoms with Gasteiger partial charge in [-0.15, -0.1) is 0 Å². The van der Waals surface area contributed by atoms with E-state index in [0.717, 1.165) is 0 Å². The summed E-state index contributed by atoms with van der Waals surface area (Å²) in [5.41, 5.74) is 1.77. The molecule has 0 saturated carbocycles. The summed E-state index contributed by atoms with van der Waals surface area (Å²) in [5, 5.41) is 8.26. The summed E-state index contributed by atoms with van der Waals surface area (Å²) in [5.74, 6) is 0.795. The predicted octanol–water partition coefficient (Wildman–Crippen LogP) is 1.26. The molecule has 0 fully saturated rings. The molecule has 5 nitrogen and oxygen atoms in total. The number of methoxy groups -OCH3 is 1. The van der Waals surface area contributed by atoms with E-state index in [-0.39, 0.29) is 0 Å². The molecule has 0 spiro atoms. The molecule has 0 unspecified atom stereocenters. The summed E-state index contributed by atoms with van der Waals surface area (Å²) >= 11 is 0. The lowest BCUT2D eigenvalue weighted by Gasteiger charge is -2.07. The van der Waals surface area contributed by atoms with Crippen molar-refractivity contribution >= 4 is 6.09 Å². The van der Waals surface area contributed by atoms with Crippen LogP contribution in [0.3, 0.4) is 0 Å². The maximum absolute atomic E-state index is 10.1. The van der Waals surface area contributed by atoms with E-state index < -0.39 is 6.09 Å². The number of hydrogen-bond donors (Lipinski definition) is 2. The van der Waals surface area contributed by atoms with Crippen LogP contribution in [0.2, 0.25) is 0 Å². The zero-order valence-electron chi connectivity index (χ0n) is 6.98. The number of amides is 1. The molecule has 5 heteroatoms. The zero-order chi connectivity index (χ0) is 9.68. The van der Waals surface area contributed by atoms with Gasteiger partial charge in [0.05, 0.1) is 7.11 Å². The number of hydrogen-bond acceptors (Lipinski definition) is 3. The van der Waals surface area contributed by atoms with Crippen molar-refractivity contribution in [2.45, 2.75) is 0 Å². The van der Waals surface area contributed by atoms with Crippen molar-refractivity contribution in [3.63, 3.8) is 0 Å². The van der Waals surface area contributed by atoms with Crippen molar-refractivity contribution in [1.82, 2.24) is 5.48 Å². The van der Waals surface area contributed by atoms with Crippen LogP contribution in [0.4, 0.5) is 4.79 Å². The molecule has 13 heavy (non-hydrogen) atoms. The molecule has 1 aromatic rings. The van der Waals surface area contributed by atoms with E-state index in [9.17, 15) is 4.79 Å². The molecule has 0 radical (unpaired) electrons. The fourth-order valence-corrected chi connectivity index (χ4v) is 0.802. The molecule has 0 aliphatic carbocycles. The van der Waals surface area contributed by atoms with E-state index in [1.807, 2.05) is 0 Å². The topological polar surface area (TPSA) is 67.8 Å². The third-order valence-corrected chi connectivity index (χ3v) is 1.32. The fourth-order valence-electron chi connectivity index (χ4n) is 0.802. The second-order valence-corrected chi connectivity index (χ2v) is 2.16. The Morgan fingerprint density at radius 1 is 1.38 bits per heavy atom. The molecule has 0 saturated heterocycles. The molecule has 70 valence electrons. The Balaban J connectivity index is 2.69. The van der Waals surface area contributed by atoms with Gasteiger partial charge >= 0.3 is 6.09 Å². The van der Waals surface area contributed by atoms with E-state index in [2.05, 4.69) is 0 Å². The first kappa shape index (κ1) is 9.18. The quantitative estimate of drug-likeness (QED) is 0.692. The highest BCUT2D eigenvalue weighted by atomic mass is 16.7. The minimum atomic E-state index is -1.26. The minimum Gasteiger partial charge on any atom is -0.493 e. The average Bonchev–Trinajstić information content (AvgIpc) is 2.15. The molecule has 0 aromatic heterocycles. The molecule has 0 aliphatic heterocycles. The molecule has 0 atom stereocenters. The second-order valence-electron chi connectivity index (χ2n) is 2.16. The number of nitrogens with one attached hydrogen (secondary N) is 1. The minimum absolute atomic E-state index is 0.326. The molecular weight excluding hydrogens is 174 g/mol. The molecule has 1 aromatic carbocycles. The zero-order valence-corrected chi connectivity index (χ0v) is 6.98. The standard InChI is InChI=1S/C8H9NO4/c1-12-6-4-2-3-5-7(6)13-9-8(10)11/h2-5,9H,1H3,(H,10,11). The Labute approximate surface area is 74.8 Å². The number of benzene rings is 1. The smallest absolute Gasteiger partial charge is 0.438 e. The molecule has 1 amide bonds. The third kappa shape index (κ3) is 2.55. The number of ether oxygens (including phenoxy) is 1. The number of carboxylic acid groups (broad SMARTS) is 1. The number of carbonyl (C=O) groups is 1. The van der Waals surface area contributed by atoms with Gasteiger partial charge in [-0.2, -0.15) is 5.48 Å². The van der Waals surface area contributed by atoms with E-state index in [1.54, 1.807) is 29.7 Å². The van der Waals surface area contributed by atoms with Crippen LogP contribution in [0.5, 0.6) is 11.5 Å². The van der Waals surface area contributed by atoms with Crippen LogP contribution in [0.1, 0.15) is 0 Å². The van der Waals surface area contributed by atoms with Crippen molar-refractivity contribution in [1.29, 1.82) is 0 Å². The lowest BCUT2D eigenvalue weighted by atomic mass is 10.3. The van der Waals surface area contributed by atoms with Gasteiger partial charge in [-0.1, -0.05) is 12.1 Å². The largest absolute Gasteiger partial charge is 0.493 e. The first-order valence-corrected chi connectivity index (χ1v) is 3.53. The SMILES string of the molecule is COc1ccccc1ONC(=O)O. The van der Waals surface area contributed by atoms with Crippen molar-refractivity contribution in [2.75, 3.05) is 7.11 Å². The van der Waals surface area contributed by atoms with Crippen molar-refractivity contribution in [2.24, 2.45) is 0 Å². The maximum atomic E-state index is 10.1. The van der Waals surface area contributed by atoms with Gasteiger partial charge in [0.2, 0.25) is 0 Å². The average molecular weight is 183 g/mol. The van der Waals surface area contributed by atoms with Crippen molar-refractivity contribution in [3.8, 4) is 11.5 Å². The van der Waals surface area contributed by atoms with Gasteiger partial charge in [-0.05, 0) is 12.1 Å². The van der Waals surface area contributed by atoms with Gasteiger partial charge in [-0.3, -0.25) is 0 Å². The summed E-state index contributed by atoms with van der Waals surface area (Å²) in [7, 11) is 1.48. The Kier molecular flexibility index (Phi) is 2.97. The van der Waals surface area contributed by atoms with E-state index >= 15 is 0 Å². The van der Waals surface area contributed by atoms with Crippen molar-refractivity contribution < 1.29 is 19.5 Å². The predicted molar refractivity (Wildman–Crippen MR) is 44.8 cm³/mol. The van der Waals surface area contributed by atoms with Crippen molar-refractivity contribution in [3.05, 3.63) is 24.3 Å². The highest BCUT2D eigenvalue weighted by Gasteiger charge is 2.03. The lowest BCUT2D eigenvalue weighted by molar-refractivity contribution is 0.133. The van der Waals surface area contributed by atoms with Gasteiger partial charge in [0.25, 0.3) is 0 Å². The molecule has 0 aliphatic rings. The highest BCUT2D eigenvalue weighted by molar-refractivity contribution is 5.63. The van der Waals surface area contributed by atoms with E-state index in [4.69, 9.17) is 14.7 Å². The van der Waals surface area contributed by atoms with Crippen LogP contribution >= 0.6 is 0 Å². The number of rotatable bonds is 3. The monoisotopic (exact) mass is 183 g/mol. The summed E-state index contributed by atoms with van der Waals surface area (Å²) in [6.45, 7) is 0. The molecule has 1 rings (SSSR count). The van der Waals surface area contributed by atoms with Crippen LogP contribution in [0, 0.1) is 0 Å². The van der Waals surface area contributed by atoms with Gasteiger partial charge in [0.1, 0.15) is 0 Å². The third-order valence-electron chi connectivity index (χ3n) is 1.32. The Morgan fingerprint density at radius 3 is 2.54 bits per heavy atom. The fraction of sp³-hybridized carbons (Fsp3) is 0.125. The van der Waals surface area contributed by atoms with Gasteiger partial charge in [0, 0.05) is 0 Å². The first-order chi connectivity index (χ1) is 6.24. The Morgan fingerprint density at radius 2 is 2.00 bits per heavy atom. The summed E-state index contributed by atoms with van der Waals surface area (Å²) < 4.78 is 4.92. The Bertz CT molecular complexity index is 300. The van der Waals surface area contributed by atoms with Crippen LogP contribution in [0.25, 0.3) is 0 Å². The van der Waals surface area contributed by atoms with Gasteiger partial charge < -0.3 is 14.7 Å². The Hall–Kier alpha value is -1.91.